The Kier molecular flexibility index (Phi) is 4.91. The smallest absolute Gasteiger partial charge is 0.129 e. The zero-order chi connectivity index (χ0) is 13.7. The lowest BCUT2D eigenvalue weighted by Gasteiger charge is -2.12. The Morgan fingerprint density at radius 3 is 2.58 bits per heavy atom. The van der Waals surface area contributed by atoms with E-state index in [0.29, 0.717) is 18.2 Å². The molecule has 0 aliphatic carbocycles. The molecule has 0 radical (unpaired) electrons. The average molecular weight is 277 g/mol. The highest BCUT2D eigenvalue weighted by Gasteiger charge is 2.06. The summed E-state index contributed by atoms with van der Waals surface area (Å²) in [7, 11) is 0. The number of nitrogens with zero attached hydrogens (tertiary/aromatic N) is 1. The molecule has 2 aromatic rings. The second-order valence-corrected chi connectivity index (χ2v) is 4.93. The molecular weight excluding hydrogens is 260 g/mol. The van der Waals surface area contributed by atoms with Gasteiger partial charge in [-0.1, -0.05) is 47.5 Å². The van der Waals surface area contributed by atoms with Crippen LogP contribution in [0.3, 0.4) is 0 Å². The monoisotopic (exact) mass is 276 g/mol. The number of nitrogens with one attached hydrogen (secondary N) is 1. The lowest BCUT2D eigenvalue weighted by atomic mass is 10.1. The van der Waals surface area contributed by atoms with Crippen LogP contribution in [0.25, 0.3) is 0 Å². The first-order chi connectivity index (χ1) is 9.15. The van der Waals surface area contributed by atoms with E-state index in [2.05, 4.69) is 10.3 Å². The highest BCUT2D eigenvalue weighted by atomic mass is 35.5. The quantitative estimate of drug-likeness (QED) is 0.826. The number of rotatable bonds is 5. The van der Waals surface area contributed by atoms with Crippen LogP contribution in [-0.4, -0.2) is 16.6 Å². The summed E-state index contributed by atoms with van der Waals surface area (Å²) in [4.78, 5) is 4.01. The highest BCUT2D eigenvalue weighted by molar-refractivity contribution is 6.29. The SMILES string of the molecule is Cc1ccc(C(O)CNCc2ccc(Cl)nc2)cc1. The van der Waals surface area contributed by atoms with E-state index in [4.69, 9.17) is 11.6 Å². The number of benzene rings is 1. The molecule has 0 saturated heterocycles. The van der Waals surface area contributed by atoms with Gasteiger partial charge < -0.3 is 10.4 Å². The average Bonchev–Trinajstić information content (AvgIpc) is 2.41. The zero-order valence-corrected chi connectivity index (χ0v) is 11.6. The number of aromatic nitrogens is 1. The number of hydrogen-bond acceptors (Lipinski definition) is 3. The van der Waals surface area contributed by atoms with Crippen molar-refractivity contribution in [1.29, 1.82) is 0 Å². The molecule has 1 atom stereocenters. The second kappa shape index (κ2) is 6.66. The molecule has 4 heteroatoms. The van der Waals surface area contributed by atoms with E-state index >= 15 is 0 Å². The summed E-state index contributed by atoms with van der Waals surface area (Å²) < 4.78 is 0. The van der Waals surface area contributed by atoms with Gasteiger partial charge in [-0.3, -0.25) is 0 Å². The number of pyridine rings is 1. The number of hydrogen-bond donors (Lipinski definition) is 2. The van der Waals surface area contributed by atoms with Gasteiger partial charge in [0.05, 0.1) is 6.10 Å². The molecule has 0 spiro atoms. The van der Waals surface area contributed by atoms with Gasteiger partial charge in [0.15, 0.2) is 0 Å². The molecule has 0 amide bonds. The van der Waals surface area contributed by atoms with E-state index in [1.807, 2.05) is 37.3 Å². The van der Waals surface area contributed by atoms with E-state index in [9.17, 15) is 5.11 Å². The van der Waals surface area contributed by atoms with Gasteiger partial charge in [-0.15, -0.1) is 0 Å². The Morgan fingerprint density at radius 1 is 1.21 bits per heavy atom. The Bertz CT molecular complexity index is 511. The van der Waals surface area contributed by atoms with E-state index in [1.54, 1.807) is 12.3 Å². The number of aliphatic hydroxyl groups excluding tert-OH is 1. The van der Waals surface area contributed by atoms with Gasteiger partial charge in [0.2, 0.25) is 0 Å². The summed E-state index contributed by atoms with van der Waals surface area (Å²) in [5.74, 6) is 0. The molecule has 2 rings (SSSR count). The van der Waals surface area contributed by atoms with E-state index in [-0.39, 0.29) is 0 Å². The molecule has 0 aliphatic rings. The second-order valence-electron chi connectivity index (χ2n) is 4.55. The summed E-state index contributed by atoms with van der Waals surface area (Å²) in [6.07, 6.45) is 1.23. The maximum atomic E-state index is 10.0. The molecule has 0 bridgehead atoms. The van der Waals surface area contributed by atoms with Crippen molar-refractivity contribution in [1.82, 2.24) is 10.3 Å². The Balaban J connectivity index is 1.82. The maximum Gasteiger partial charge on any atom is 0.129 e. The predicted octanol–water partition coefficient (Wildman–Crippen LogP) is 2.87. The molecule has 1 heterocycles. The van der Waals surface area contributed by atoms with Crippen molar-refractivity contribution in [2.24, 2.45) is 0 Å². The highest BCUT2D eigenvalue weighted by Crippen LogP contribution is 2.13. The zero-order valence-electron chi connectivity index (χ0n) is 10.8. The van der Waals surface area contributed by atoms with Crippen molar-refractivity contribution in [3.63, 3.8) is 0 Å². The molecular formula is C15H17ClN2O. The van der Waals surface area contributed by atoms with Crippen molar-refractivity contribution in [2.45, 2.75) is 19.6 Å². The molecule has 2 N–H and O–H groups in total. The first-order valence-corrected chi connectivity index (χ1v) is 6.59. The van der Waals surface area contributed by atoms with Crippen molar-refractivity contribution >= 4 is 11.6 Å². The van der Waals surface area contributed by atoms with E-state index in [0.717, 1.165) is 11.1 Å². The van der Waals surface area contributed by atoms with Crippen molar-refractivity contribution in [2.75, 3.05) is 6.54 Å². The molecule has 100 valence electrons. The van der Waals surface area contributed by atoms with Crippen LogP contribution in [0.2, 0.25) is 5.15 Å². The van der Waals surface area contributed by atoms with E-state index < -0.39 is 6.10 Å². The minimum absolute atomic E-state index is 0.489. The van der Waals surface area contributed by atoms with Crippen LogP contribution in [0.4, 0.5) is 0 Å². The summed E-state index contributed by atoms with van der Waals surface area (Å²) in [6.45, 7) is 3.20. The fourth-order valence-corrected chi connectivity index (χ4v) is 1.88. The van der Waals surface area contributed by atoms with Crippen molar-refractivity contribution in [3.05, 3.63) is 64.4 Å². The summed E-state index contributed by atoms with van der Waals surface area (Å²) in [5.41, 5.74) is 3.16. The van der Waals surface area contributed by atoms with Gasteiger partial charge in [0.1, 0.15) is 5.15 Å². The van der Waals surface area contributed by atoms with Gasteiger partial charge >= 0.3 is 0 Å². The van der Waals surface area contributed by atoms with Gasteiger partial charge in [-0.2, -0.15) is 0 Å². The van der Waals surface area contributed by atoms with Gasteiger partial charge in [-0.05, 0) is 24.1 Å². The van der Waals surface area contributed by atoms with E-state index in [1.165, 1.54) is 5.56 Å². The topological polar surface area (TPSA) is 45.1 Å². The van der Waals surface area contributed by atoms with Crippen molar-refractivity contribution < 1.29 is 5.11 Å². The molecule has 0 saturated carbocycles. The first-order valence-electron chi connectivity index (χ1n) is 6.21. The summed E-state index contributed by atoms with van der Waals surface area (Å²) >= 11 is 5.72. The van der Waals surface area contributed by atoms with Gasteiger partial charge in [0.25, 0.3) is 0 Å². The van der Waals surface area contributed by atoms with Gasteiger partial charge in [-0.25, -0.2) is 4.98 Å². The van der Waals surface area contributed by atoms with Crippen LogP contribution >= 0.6 is 11.6 Å². The first kappa shape index (κ1) is 14.0. The van der Waals surface area contributed by atoms with Crippen LogP contribution in [-0.2, 0) is 6.54 Å². The summed E-state index contributed by atoms with van der Waals surface area (Å²) in [5, 5.41) is 13.7. The number of aryl methyl sites for hydroxylation is 1. The van der Waals surface area contributed by atoms with Crippen LogP contribution in [0.15, 0.2) is 42.6 Å². The fourth-order valence-electron chi connectivity index (χ4n) is 1.77. The standard InChI is InChI=1S/C15H17ClN2O/c1-11-2-5-13(6-3-11)14(19)10-17-8-12-4-7-15(16)18-9-12/h2-7,9,14,17,19H,8,10H2,1H3. The molecule has 0 aliphatic heterocycles. The normalized spacial score (nSPS) is 12.4. The third kappa shape index (κ3) is 4.31. The van der Waals surface area contributed by atoms with Crippen molar-refractivity contribution in [3.8, 4) is 0 Å². The molecule has 3 nitrogen and oxygen atoms in total. The Morgan fingerprint density at radius 2 is 1.95 bits per heavy atom. The number of halogens is 1. The maximum absolute atomic E-state index is 10.0. The minimum atomic E-state index is -0.499. The lowest BCUT2D eigenvalue weighted by molar-refractivity contribution is 0.174. The fraction of sp³-hybridized carbons (Fsp3) is 0.267. The predicted molar refractivity (Wildman–Crippen MR) is 77.1 cm³/mol. The molecule has 0 fully saturated rings. The molecule has 1 aromatic carbocycles. The Labute approximate surface area is 118 Å². The number of aliphatic hydroxyl groups is 1. The lowest BCUT2D eigenvalue weighted by Crippen LogP contribution is -2.21. The summed E-state index contributed by atoms with van der Waals surface area (Å²) in [6, 6.07) is 11.6. The van der Waals surface area contributed by atoms with Crippen LogP contribution in [0.1, 0.15) is 22.8 Å². The third-order valence-corrected chi connectivity index (χ3v) is 3.14. The van der Waals surface area contributed by atoms with Gasteiger partial charge in [0, 0.05) is 19.3 Å². The Hall–Kier alpha value is -1.42. The van der Waals surface area contributed by atoms with Crippen LogP contribution < -0.4 is 5.32 Å². The largest absolute Gasteiger partial charge is 0.387 e. The molecule has 19 heavy (non-hydrogen) atoms. The molecule has 1 aromatic heterocycles. The van der Waals surface area contributed by atoms with Crippen LogP contribution in [0.5, 0.6) is 0 Å². The third-order valence-electron chi connectivity index (χ3n) is 2.92. The minimum Gasteiger partial charge on any atom is -0.387 e. The van der Waals surface area contributed by atoms with Crippen LogP contribution in [0, 0.1) is 6.92 Å². The molecule has 1 unspecified atom stereocenters.